The van der Waals surface area contributed by atoms with Gasteiger partial charge in [-0.2, -0.15) is 0 Å². The number of piperidine rings is 1. The first-order valence-electron chi connectivity index (χ1n) is 15.1. The lowest BCUT2D eigenvalue weighted by molar-refractivity contribution is -0.156. The van der Waals surface area contributed by atoms with Gasteiger partial charge in [0.25, 0.3) is 0 Å². The number of carbonyl (C=O) groups is 3. The van der Waals surface area contributed by atoms with Crippen molar-refractivity contribution >= 4 is 57.6 Å². The maximum atomic E-state index is 15.3. The molecular formula is C35H38Cl2FN2O6S+. The van der Waals surface area contributed by atoms with E-state index in [2.05, 4.69) is 17.8 Å². The number of ether oxygens (including phenoxy) is 3. The van der Waals surface area contributed by atoms with Crippen molar-refractivity contribution in [2.75, 3.05) is 43.6 Å². The highest BCUT2D eigenvalue weighted by Gasteiger charge is 2.64. The minimum atomic E-state index is -1.53. The molecule has 1 N–H and O–H groups in total. The third-order valence-corrected chi connectivity index (χ3v) is 10.2. The predicted octanol–water partition coefficient (Wildman–Crippen LogP) is 6.25. The molecule has 0 radical (unpaired) electrons. The molecule has 1 spiro atoms. The molecule has 12 heteroatoms. The van der Waals surface area contributed by atoms with Crippen LogP contribution in [0.25, 0.3) is 0 Å². The summed E-state index contributed by atoms with van der Waals surface area (Å²) in [4.78, 5) is 43.2. The highest BCUT2D eigenvalue weighted by Crippen LogP contribution is 2.60. The van der Waals surface area contributed by atoms with Gasteiger partial charge < -0.3 is 19.5 Å². The van der Waals surface area contributed by atoms with Crippen molar-refractivity contribution in [3.05, 3.63) is 92.7 Å². The van der Waals surface area contributed by atoms with Gasteiger partial charge in [-0.25, -0.2) is 9.18 Å². The zero-order valence-electron chi connectivity index (χ0n) is 27.1. The number of carbonyl (C=O) groups excluding carboxylic acids is 3. The van der Waals surface area contributed by atoms with Gasteiger partial charge in [0, 0.05) is 27.9 Å². The van der Waals surface area contributed by atoms with Crippen LogP contribution < -0.4 is 15.0 Å². The fourth-order valence-corrected chi connectivity index (χ4v) is 7.38. The van der Waals surface area contributed by atoms with Gasteiger partial charge in [0.1, 0.15) is 29.5 Å². The summed E-state index contributed by atoms with van der Waals surface area (Å²) < 4.78 is 32.3. The van der Waals surface area contributed by atoms with E-state index in [-0.39, 0.29) is 41.6 Å². The number of nitrogens with one attached hydrogen (secondary N) is 1. The Morgan fingerprint density at radius 3 is 2.47 bits per heavy atom. The van der Waals surface area contributed by atoms with E-state index >= 15 is 4.79 Å². The Balaban J connectivity index is 1.79. The maximum absolute atomic E-state index is 15.3. The SMILES string of the molecule is COC(=O)C(C)(C)Oc1ccc(Cl)cc1[C@H]1CC(=O)N[C@@H](c2cc(F)ccc2C)[C@]12C(=O)N(COCC[S+](C)C)c1cc(Cl)ccc12. The molecule has 0 aromatic heterocycles. The van der Waals surface area contributed by atoms with Crippen LogP contribution in [0.4, 0.5) is 10.1 Å². The van der Waals surface area contributed by atoms with Crippen molar-refractivity contribution in [3.8, 4) is 5.75 Å². The molecule has 8 nitrogen and oxygen atoms in total. The molecule has 3 aromatic carbocycles. The molecule has 5 rings (SSSR count). The molecule has 0 unspecified atom stereocenters. The Hall–Kier alpha value is -3.31. The molecule has 3 atom stereocenters. The number of hydrogen-bond acceptors (Lipinski definition) is 6. The normalized spacial score (nSPS) is 20.9. The topological polar surface area (TPSA) is 94.2 Å². The average Bonchev–Trinajstić information content (AvgIpc) is 3.24. The second-order valence-corrected chi connectivity index (χ2v) is 15.8. The minimum Gasteiger partial charge on any atom is -0.476 e. The third-order valence-electron chi connectivity index (χ3n) is 8.79. The van der Waals surface area contributed by atoms with Crippen molar-refractivity contribution in [1.29, 1.82) is 0 Å². The molecule has 2 aliphatic heterocycles. The van der Waals surface area contributed by atoms with E-state index in [0.29, 0.717) is 44.6 Å². The lowest BCUT2D eigenvalue weighted by Gasteiger charge is -2.47. The second kappa shape index (κ2) is 13.7. The first-order chi connectivity index (χ1) is 22.2. The summed E-state index contributed by atoms with van der Waals surface area (Å²) >= 11 is 13.1. The summed E-state index contributed by atoms with van der Waals surface area (Å²) in [6, 6.07) is 13.3. The van der Waals surface area contributed by atoms with Crippen molar-refractivity contribution in [1.82, 2.24) is 5.32 Å². The van der Waals surface area contributed by atoms with E-state index in [1.807, 2.05) is 0 Å². The van der Waals surface area contributed by atoms with Gasteiger partial charge in [0.15, 0.2) is 5.60 Å². The monoisotopic (exact) mass is 703 g/mol. The summed E-state index contributed by atoms with van der Waals surface area (Å²) in [6.45, 7) is 5.31. The van der Waals surface area contributed by atoms with Crippen LogP contribution in [0.2, 0.25) is 10.0 Å². The van der Waals surface area contributed by atoms with Crippen LogP contribution in [0, 0.1) is 12.7 Å². The molecule has 2 heterocycles. The summed E-state index contributed by atoms with van der Waals surface area (Å²) in [6.07, 6.45) is 4.08. The number of esters is 1. The minimum absolute atomic E-state index is 0.0606. The van der Waals surface area contributed by atoms with Gasteiger partial charge in [-0.05, 0) is 90.8 Å². The van der Waals surface area contributed by atoms with E-state index in [1.54, 1.807) is 68.1 Å². The average molecular weight is 705 g/mol. The number of nitrogens with zero attached hydrogens (tertiary/aromatic N) is 1. The van der Waals surface area contributed by atoms with E-state index in [9.17, 15) is 14.0 Å². The van der Waals surface area contributed by atoms with E-state index in [4.69, 9.17) is 37.4 Å². The molecule has 2 aliphatic rings. The van der Waals surface area contributed by atoms with Gasteiger partial charge in [0.05, 0.1) is 38.0 Å². The maximum Gasteiger partial charge on any atom is 0.349 e. The lowest BCUT2D eigenvalue weighted by atomic mass is 9.58. The molecule has 0 bridgehead atoms. The highest BCUT2D eigenvalue weighted by molar-refractivity contribution is 7.95. The van der Waals surface area contributed by atoms with Crippen LogP contribution in [-0.4, -0.2) is 62.1 Å². The number of aryl methyl sites for hydroxylation is 1. The fourth-order valence-electron chi connectivity index (χ4n) is 6.58. The van der Waals surface area contributed by atoms with Crippen molar-refractivity contribution < 1.29 is 33.0 Å². The van der Waals surface area contributed by atoms with Crippen LogP contribution in [0.15, 0.2) is 54.6 Å². The Morgan fingerprint density at radius 2 is 1.77 bits per heavy atom. The van der Waals surface area contributed by atoms with Crippen LogP contribution in [-0.2, 0) is 40.2 Å². The fraction of sp³-hybridized carbons (Fsp3) is 0.400. The van der Waals surface area contributed by atoms with Gasteiger partial charge in [0.2, 0.25) is 11.8 Å². The first-order valence-corrected chi connectivity index (χ1v) is 18.0. The first kappa shape index (κ1) is 35.0. The highest BCUT2D eigenvalue weighted by atomic mass is 35.5. The third kappa shape index (κ3) is 6.57. The van der Waals surface area contributed by atoms with E-state index in [0.717, 1.165) is 5.75 Å². The molecule has 47 heavy (non-hydrogen) atoms. The molecule has 1 fully saturated rings. The smallest absolute Gasteiger partial charge is 0.349 e. The van der Waals surface area contributed by atoms with Crippen LogP contribution in [0.1, 0.15) is 54.5 Å². The largest absolute Gasteiger partial charge is 0.476 e. The lowest BCUT2D eigenvalue weighted by Crippen LogP contribution is -2.58. The zero-order chi connectivity index (χ0) is 34.3. The van der Waals surface area contributed by atoms with Gasteiger partial charge in [-0.15, -0.1) is 0 Å². The summed E-state index contributed by atoms with van der Waals surface area (Å²) in [5.74, 6) is -1.68. The predicted molar refractivity (Wildman–Crippen MR) is 183 cm³/mol. The van der Waals surface area contributed by atoms with Crippen molar-refractivity contribution in [2.24, 2.45) is 0 Å². The Morgan fingerprint density at radius 1 is 1.06 bits per heavy atom. The Labute approximate surface area is 287 Å². The molecule has 250 valence electrons. The summed E-state index contributed by atoms with van der Waals surface area (Å²) in [5, 5.41) is 3.80. The number of rotatable bonds is 10. The molecule has 0 aliphatic carbocycles. The van der Waals surface area contributed by atoms with E-state index in [1.165, 1.54) is 19.2 Å². The van der Waals surface area contributed by atoms with Crippen molar-refractivity contribution in [3.63, 3.8) is 0 Å². The number of hydrogen-bond donors (Lipinski definition) is 1. The molecule has 1 saturated heterocycles. The number of amides is 2. The summed E-state index contributed by atoms with van der Waals surface area (Å²) in [7, 11) is 1.40. The molecular weight excluding hydrogens is 666 g/mol. The zero-order valence-corrected chi connectivity index (χ0v) is 29.4. The van der Waals surface area contributed by atoms with Crippen LogP contribution >= 0.6 is 23.2 Å². The Kier molecular flexibility index (Phi) is 10.2. The standard InChI is InChI=1S/C35H37Cl2FN2O6S/c1-20-7-10-23(38)17-24(20)31-35(26-11-8-22(37)16-28(26)40(32(35)42)19-45-13-14-47(5)6)27(18-30(41)39-31)25-15-21(36)9-12-29(25)46-34(2,3)33(43)44-4/h7-12,15-17,27,31H,13-14,18-19H2,1-6H3/p+1/t27-,31+,35-/m1/s1. The van der Waals surface area contributed by atoms with Gasteiger partial charge in [-0.1, -0.05) is 35.3 Å². The number of methoxy groups -OCH3 is 1. The number of halogens is 3. The van der Waals surface area contributed by atoms with Crippen LogP contribution in [0.5, 0.6) is 5.75 Å². The van der Waals surface area contributed by atoms with Crippen molar-refractivity contribution in [2.45, 2.75) is 50.2 Å². The quantitative estimate of drug-likeness (QED) is 0.152. The molecule has 0 saturated carbocycles. The Bertz CT molecular complexity index is 1720. The van der Waals surface area contributed by atoms with Gasteiger partial charge in [-0.3, -0.25) is 14.5 Å². The van der Waals surface area contributed by atoms with E-state index < -0.39 is 34.8 Å². The van der Waals surface area contributed by atoms with Gasteiger partial charge >= 0.3 is 5.97 Å². The molecule has 3 aromatic rings. The summed E-state index contributed by atoms with van der Waals surface area (Å²) in [5.41, 5.74) is -0.299. The number of benzene rings is 3. The molecule has 2 amide bonds. The van der Waals surface area contributed by atoms with Crippen LogP contribution in [0.3, 0.4) is 0 Å². The number of fused-ring (bicyclic) bond motifs is 2. The second-order valence-electron chi connectivity index (χ2n) is 12.5. The number of anilines is 1.